The Hall–Kier alpha value is -12.6. The van der Waals surface area contributed by atoms with Gasteiger partial charge < -0.3 is 29.5 Å². The van der Waals surface area contributed by atoms with Crippen LogP contribution >= 0.6 is 0 Å². The van der Waals surface area contributed by atoms with Gasteiger partial charge in [-0.3, -0.25) is 24.6 Å². The van der Waals surface area contributed by atoms with Crippen molar-refractivity contribution in [3.8, 4) is 22.5 Å². The molecular weight excluding hydrogens is 1500 g/mol. The highest BCUT2D eigenvalue weighted by Crippen LogP contribution is 2.44. The number of hydrogen-bond acceptors (Lipinski definition) is 11. The Morgan fingerprint density at radius 3 is 1.03 bits per heavy atom. The molecule has 10 heterocycles. The van der Waals surface area contributed by atoms with Gasteiger partial charge in [0.2, 0.25) is 0 Å². The van der Waals surface area contributed by atoms with Crippen molar-refractivity contribution < 1.29 is 13.2 Å². The van der Waals surface area contributed by atoms with Gasteiger partial charge in [-0.05, 0) is 163 Å². The molecule has 0 aliphatic carbocycles. The van der Waals surface area contributed by atoms with Crippen LogP contribution in [-0.4, -0.2) is 101 Å². The lowest BCUT2D eigenvalue weighted by molar-refractivity contribution is -0.657. The standard InChI is InChI=1S/C31H35BN3.C25H31BN3.C19H20BN3.2C14H18BN3/c1-22(2)27-20-26(24-12-8-7-9-13-24)21-28(23(3)4)30(27)34-19-18-33(6)31(34)35-29-15-11-10-14-25(29)16-17-32(35)5;1-18(2)21-11-9-12-22(19(3)4)24(21)28-17-16-27(6)25(28)29-23-13-8-7-10-20(23)14-15-26(29)5;1-16-21(18-9-4-3-5-10-18)14-15-22(16)23-19-11-7-6-8-17(19)12-13-20(23)2;2*1-12-16(3)10-11-17(12)18-14-7-5-4-6-13(14)8-9-15(18)2/h7-23H,1-6H3;7-19H,1-6H3;3-16H,1-2H3;2*4-12H,1-3H3/q2*+1;;;/t;;16-;2*12-/m..000/s1/i;;;3D3;. The summed E-state index contributed by atoms with van der Waals surface area (Å²) in [6, 6.07) is 75.5. The number of rotatable bonds is 13. The fourth-order valence-electron chi connectivity index (χ4n) is 18.1. The maximum absolute atomic E-state index is 7.61. The van der Waals surface area contributed by atoms with E-state index in [0.717, 1.165) is 11.3 Å². The first-order valence-electron chi connectivity index (χ1n) is 45.7. The number of aromatic nitrogens is 4. The predicted molar refractivity (Wildman–Crippen MR) is 529 cm³/mol. The molecule has 0 amide bonds. The summed E-state index contributed by atoms with van der Waals surface area (Å²) in [6.07, 6.45) is 32.3. The average molecular weight is 1630 g/mol. The molecule has 8 aliphatic heterocycles. The molecule has 0 radical (unpaired) electrons. The summed E-state index contributed by atoms with van der Waals surface area (Å²) in [4.78, 5) is 17.7. The van der Waals surface area contributed by atoms with E-state index in [-0.39, 0.29) is 32.9 Å². The first kappa shape index (κ1) is 81.4. The van der Waals surface area contributed by atoms with Crippen LogP contribution in [0.3, 0.4) is 0 Å². The van der Waals surface area contributed by atoms with Gasteiger partial charge in [0.15, 0.2) is 0 Å². The fraction of sp³-hybridized carbons (Fsp3) is 0.262. The quantitative estimate of drug-likeness (QED) is 0.0820. The van der Waals surface area contributed by atoms with E-state index >= 15 is 0 Å². The van der Waals surface area contributed by atoms with E-state index in [4.69, 9.17) is 4.11 Å². The van der Waals surface area contributed by atoms with Crippen LogP contribution in [-0.2, 0) is 14.1 Å². The smallest absolute Gasteiger partial charge is 0.358 e. The topological polar surface area (TPSA) is 53.3 Å². The number of benzene rings is 9. The first-order chi connectivity index (χ1) is 60.6. The second kappa shape index (κ2) is 37.0. The van der Waals surface area contributed by atoms with Gasteiger partial charge in [-0.2, -0.15) is 0 Å². The van der Waals surface area contributed by atoms with E-state index in [9.17, 15) is 0 Å². The van der Waals surface area contributed by atoms with E-state index in [1.165, 1.54) is 112 Å². The summed E-state index contributed by atoms with van der Waals surface area (Å²) < 4.78 is 32.1. The van der Waals surface area contributed by atoms with Crippen molar-refractivity contribution in [2.75, 3.05) is 43.3 Å². The summed E-state index contributed by atoms with van der Waals surface area (Å²) in [7, 11) is 6.41. The van der Waals surface area contributed by atoms with Crippen LogP contribution in [0.2, 0.25) is 34.1 Å². The van der Waals surface area contributed by atoms with Gasteiger partial charge in [-0.25, -0.2) is 18.3 Å². The molecule has 19 rings (SSSR count). The Bertz CT molecular complexity index is 5880. The average Bonchev–Trinajstić information content (AvgIpc) is 1.63. The van der Waals surface area contributed by atoms with Crippen molar-refractivity contribution in [3.63, 3.8) is 0 Å². The first-order valence-corrected chi connectivity index (χ1v) is 44.2. The number of hydrazine groups is 3. The minimum atomic E-state index is -2.13. The molecule has 9 aromatic carbocycles. The molecule has 123 heavy (non-hydrogen) atoms. The van der Waals surface area contributed by atoms with Gasteiger partial charge in [0.1, 0.15) is 42.3 Å². The maximum atomic E-state index is 7.61. The number of imidazole rings is 2. The van der Waals surface area contributed by atoms with Crippen LogP contribution in [0.1, 0.15) is 154 Å². The number of anilines is 8. The van der Waals surface area contributed by atoms with Crippen molar-refractivity contribution in [3.05, 3.63) is 354 Å². The Morgan fingerprint density at radius 2 is 0.659 bits per heavy atom. The molecule has 11 aromatic rings. The molecule has 622 valence electrons. The molecule has 0 saturated carbocycles. The Kier molecular flexibility index (Phi) is 24.5. The monoisotopic (exact) mass is 1630 g/mol. The lowest BCUT2D eigenvalue weighted by atomic mass is 9.60. The highest BCUT2D eigenvalue weighted by molar-refractivity contribution is 6.71. The minimum absolute atomic E-state index is 0.170. The third-order valence-electron chi connectivity index (χ3n) is 25.0. The number of hydrogen-bond donors (Lipinski definition) is 0. The van der Waals surface area contributed by atoms with Crippen molar-refractivity contribution in [1.82, 2.24) is 34.0 Å². The van der Waals surface area contributed by atoms with Crippen molar-refractivity contribution in [2.45, 2.75) is 152 Å². The summed E-state index contributed by atoms with van der Waals surface area (Å²) >= 11 is 0. The minimum Gasteiger partial charge on any atom is -0.358 e. The molecule has 3 atom stereocenters. The zero-order valence-corrected chi connectivity index (χ0v) is 75.4. The van der Waals surface area contributed by atoms with Crippen LogP contribution in [0.15, 0.2) is 304 Å². The second-order valence-corrected chi connectivity index (χ2v) is 34.7. The van der Waals surface area contributed by atoms with Gasteiger partial charge in [0.25, 0.3) is 0 Å². The van der Waals surface area contributed by atoms with Gasteiger partial charge in [0.05, 0.1) is 54.9 Å². The van der Waals surface area contributed by atoms with Crippen molar-refractivity contribution in [2.24, 2.45) is 14.1 Å². The van der Waals surface area contributed by atoms with Gasteiger partial charge in [-0.15, -0.1) is 0 Å². The molecule has 0 spiro atoms. The SMILES string of the molecule is CB1C=Cc2ccccc2N1N1C=CN(C)[C@@H]1C.CB1C=Cc2ccccc2N1N1C=CN(c2ccccc2)[C@@H]1C.CB1C=Cc2ccccc2N1c1n(-c2c(C(C)C)cc(-c3ccccc3)cc2C(C)C)cc[n+]1C.CB1C=Cc2ccccc2N1c1n(-c2c(C(C)C)cccc2C(C)C)cc[n+]1C.[2H]C([2H])([2H])N1C=CN(N2B(C)C=Cc3ccccc32)[C@H]1C. The third-order valence-corrected chi connectivity index (χ3v) is 25.0. The molecule has 2 aromatic heterocycles. The Labute approximate surface area is 740 Å². The van der Waals surface area contributed by atoms with E-state index in [0.29, 0.717) is 43.5 Å². The molecule has 8 aliphatic rings. The fourth-order valence-corrected chi connectivity index (χ4v) is 18.1. The number of nitrogens with zero attached hydrogens (tertiary/aromatic N) is 15. The van der Waals surface area contributed by atoms with E-state index in [1.807, 2.05) is 30.3 Å². The normalized spacial score (nSPS) is 17.4. The van der Waals surface area contributed by atoms with Gasteiger partial charge in [-0.1, -0.05) is 294 Å². The Balaban J connectivity index is 0.000000124. The van der Waals surface area contributed by atoms with Gasteiger partial charge >= 0.3 is 46.1 Å². The largest absolute Gasteiger partial charge is 0.366 e. The predicted octanol–water partition coefficient (Wildman–Crippen LogP) is 23.0. The van der Waals surface area contributed by atoms with Crippen molar-refractivity contribution in [1.29, 1.82) is 0 Å². The van der Waals surface area contributed by atoms with Crippen LogP contribution in [0.5, 0.6) is 0 Å². The highest BCUT2D eigenvalue weighted by Gasteiger charge is 2.41. The summed E-state index contributed by atoms with van der Waals surface area (Å²) in [6.45, 7) is 35.1. The van der Waals surface area contributed by atoms with Crippen molar-refractivity contribution >= 4 is 111 Å². The highest BCUT2D eigenvalue weighted by atomic mass is 15.7. The molecule has 0 N–H and O–H groups in total. The van der Waals surface area contributed by atoms with Crippen LogP contribution in [0.4, 0.5) is 46.0 Å². The molecule has 15 nitrogen and oxygen atoms in total. The number of aryl methyl sites for hydroxylation is 2. The molecule has 0 fully saturated rings. The molecule has 20 heteroatoms. The molecule has 0 unspecified atom stereocenters. The zero-order valence-electron chi connectivity index (χ0n) is 78.4. The number of fused-ring (bicyclic) bond motifs is 5. The maximum Gasteiger partial charge on any atom is 0.366 e. The lowest BCUT2D eigenvalue weighted by Gasteiger charge is -2.43. The van der Waals surface area contributed by atoms with E-state index in [2.05, 4.69) is 497 Å². The lowest BCUT2D eigenvalue weighted by Crippen LogP contribution is -2.53. The summed E-state index contributed by atoms with van der Waals surface area (Å²) in [5, 5.41) is 6.60. The van der Waals surface area contributed by atoms with Crippen LogP contribution in [0, 0.1) is 0 Å². The molecular formula is C103H122B5N15+2. The Morgan fingerprint density at radius 1 is 0.333 bits per heavy atom. The summed E-state index contributed by atoms with van der Waals surface area (Å²) in [5.41, 5.74) is 24.3. The summed E-state index contributed by atoms with van der Waals surface area (Å²) in [5.74, 6) is 15.3. The third kappa shape index (κ3) is 17.3. The second-order valence-electron chi connectivity index (χ2n) is 34.7. The molecule has 0 saturated heterocycles. The molecule has 0 bridgehead atoms. The van der Waals surface area contributed by atoms with Crippen LogP contribution < -0.4 is 38.4 Å². The van der Waals surface area contributed by atoms with Gasteiger partial charge in [0, 0.05) is 72.1 Å². The van der Waals surface area contributed by atoms with Crippen LogP contribution in [0.25, 0.3) is 52.9 Å². The van der Waals surface area contributed by atoms with E-state index < -0.39 is 6.98 Å². The number of para-hydroxylation sites is 7. The van der Waals surface area contributed by atoms with E-state index in [1.54, 1.807) is 6.20 Å². The zero-order chi connectivity index (χ0) is 89.1.